The highest BCUT2D eigenvalue weighted by Gasteiger charge is 2.29. The predicted octanol–water partition coefficient (Wildman–Crippen LogP) is 5.30. The van der Waals surface area contributed by atoms with E-state index in [1.165, 1.54) is 0 Å². The summed E-state index contributed by atoms with van der Waals surface area (Å²) < 4.78 is 13.2. The van der Waals surface area contributed by atoms with Gasteiger partial charge >= 0.3 is 0 Å². The molecule has 1 saturated heterocycles. The van der Waals surface area contributed by atoms with Crippen LogP contribution in [0.1, 0.15) is 51.3 Å². The molecular weight excluding hydrogens is 543 g/mol. The van der Waals surface area contributed by atoms with E-state index in [0.717, 1.165) is 24.1 Å². The fraction of sp³-hybridized carbons (Fsp3) is 0.286. The van der Waals surface area contributed by atoms with Gasteiger partial charge in [-0.3, -0.25) is 13.8 Å². The Morgan fingerprint density at radius 1 is 1.16 bits per heavy atom. The van der Waals surface area contributed by atoms with E-state index >= 15 is 0 Å². The number of likely N-dealkylation sites (tertiary alicyclic amines) is 1. The third-order valence-electron chi connectivity index (χ3n) is 7.18. The summed E-state index contributed by atoms with van der Waals surface area (Å²) in [5, 5.41) is 3.79. The van der Waals surface area contributed by atoms with Crippen molar-refractivity contribution in [3.63, 3.8) is 0 Å². The number of benzene rings is 2. The van der Waals surface area contributed by atoms with Crippen LogP contribution >= 0.6 is 23.2 Å². The van der Waals surface area contributed by atoms with Crippen LogP contribution in [-0.2, 0) is 21.3 Å². The number of piperidine rings is 1. The Hall–Kier alpha value is -2.91. The van der Waals surface area contributed by atoms with Gasteiger partial charge in [0, 0.05) is 62.3 Å². The smallest absolute Gasteiger partial charge is 0.256 e. The number of fused-ring (bicyclic) bond motifs is 1. The minimum absolute atomic E-state index is 0.0278. The fourth-order valence-electron chi connectivity index (χ4n) is 4.98. The van der Waals surface area contributed by atoms with Crippen LogP contribution in [0.25, 0.3) is 11.6 Å². The van der Waals surface area contributed by atoms with Crippen LogP contribution in [0.2, 0.25) is 10.0 Å². The van der Waals surface area contributed by atoms with Crippen molar-refractivity contribution in [1.29, 1.82) is 0 Å². The van der Waals surface area contributed by atoms with Gasteiger partial charge in [0.25, 0.3) is 11.8 Å². The third kappa shape index (κ3) is 5.06. The minimum Gasteiger partial charge on any atom is -0.358 e. The van der Waals surface area contributed by atoms with Gasteiger partial charge in [0.05, 0.1) is 27.7 Å². The highest BCUT2D eigenvalue weighted by atomic mass is 35.5. The van der Waals surface area contributed by atoms with Crippen molar-refractivity contribution in [3.05, 3.63) is 80.1 Å². The molecule has 0 radical (unpaired) electrons. The van der Waals surface area contributed by atoms with Crippen molar-refractivity contribution < 1.29 is 13.8 Å². The molecule has 1 aromatic heterocycles. The summed E-state index contributed by atoms with van der Waals surface area (Å²) in [6.45, 7) is 5.01. The first-order chi connectivity index (χ1) is 18.1. The molecule has 10 heteroatoms. The highest BCUT2D eigenvalue weighted by Crippen LogP contribution is 2.36. The molecule has 1 atom stereocenters. The molecule has 7 nitrogen and oxygen atoms in total. The highest BCUT2D eigenvalue weighted by molar-refractivity contribution is 7.84. The molecule has 1 fully saturated rings. The summed E-state index contributed by atoms with van der Waals surface area (Å²) in [5.74, 6) is -0.138. The van der Waals surface area contributed by atoms with E-state index in [-0.39, 0.29) is 23.6 Å². The molecular formula is C28H28Cl2N4O3S. The van der Waals surface area contributed by atoms with E-state index in [2.05, 4.69) is 10.3 Å². The van der Waals surface area contributed by atoms with Crippen molar-refractivity contribution in [2.45, 2.75) is 43.4 Å². The van der Waals surface area contributed by atoms with Crippen LogP contribution in [0.3, 0.4) is 0 Å². The third-order valence-corrected chi connectivity index (χ3v) is 9.22. The maximum atomic E-state index is 13.3. The number of H-pyrrole nitrogens is 1. The standard InChI is InChI=1S/C28H28Cl2N4O3S/c1-15-25(32-16(2)26(15)28(36)34-10-8-17(31)9-11-34)13-20-19-12-18(6-7-24(19)33-27(20)35)38(37)14-21-22(29)4-3-5-23(21)30/h3-7,12-13,17,32H,8-11,14,31H2,1-2H3,(H,33,35). The van der Waals surface area contributed by atoms with Crippen LogP contribution in [-0.4, -0.2) is 45.0 Å². The topological polar surface area (TPSA) is 108 Å². The normalized spacial score (nSPS) is 17.6. The molecule has 0 spiro atoms. The number of aryl methyl sites for hydroxylation is 1. The lowest BCUT2D eigenvalue weighted by atomic mass is 10.0. The first-order valence-electron chi connectivity index (χ1n) is 12.4. The summed E-state index contributed by atoms with van der Waals surface area (Å²) in [5.41, 5.74) is 11.2. The van der Waals surface area contributed by atoms with Crippen LogP contribution in [0.5, 0.6) is 0 Å². The molecule has 2 aromatic carbocycles. The number of halogens is 2. The Morgan fingerprint density at radius 3 is 2.53 bits per heavy atom. The Kier molecular flexibility index (Phi) is 7.51. The number of nitrogens with zero attached hydrogens (tertiary/aromatic N) is 1. The second-order valence-corrected chi connectivity index (χ2v) is 12.0. The van der Waals surface area contributed by atoms with Crippen LogP contribution in [0.4, 0.5) is 5.69 Å². The molecule has 4 N–H and O–H groups in total. The largest absolute Gasteiger partial charge is 0.358 e. The van der Waals surface area contributed by atoms with Gasteiger partial charge in [0.15, 0.2) is 0 Å². The van der Waals surface area contributed by atoms with E-state index < -0.39 is 10.8 Å². The molecule has 198 valence electrons. The molecule has 0 aliphatic carbocycles. The average molecular weight is 572 g/mol. The van der Waals surface area contributed by atoms with Gasteiger partial charge < -0.3 is 20.9 Å². The second-order valence-electron chi connectivity index (χ2n) is 9.70. The molecule has 3 heterocycles. The molecule has 2 amide bonds. The van der Waals surface area contributed by atoms with Crippen molar-refractivity contribution >= 4 is 63.2 Å². The monoisotopic (exact) mass is 570 g/mol. The number of hydrogen-bond acceptors (Lipinski definition) is 4. The summed E-state index contributed by atoms with van der Waals surface area (Å²) in [4.78, 5) is 31.9. The maximum absolute atomic E-state index is 13.3. The zero-order chi connectivity index (χ0) is 27.1. The Bertz CT molecular complexity index is 1490. The second kappa shape index (κ2) is 10.7. The van der Waals surface area contributed by atoms with E-state index in [4.69, 9.17) is 28.9 Å². The quantitative estimate of drug-likeness (QED) is 0.361. The van der Waals surface area contributed by atoms with Crippen LogP contribution < -0.4 is 11.1 Å². The first kappa shape index (κ1) is 26.7. The summed E-state index contributed by atoms with van der Waals surface area (Å²) in [6.07, 6.45) is 3.33. The van der Waals surface area contributed by atoms with Crippen molar-refractivity contribution in [3.8, 4) is 0 Å². The molecule has 38 heavy (non-hydrogen) atoms. The fourth-order valence-corrected chi connectivity index (χ4v) is 6.88. The van der Waals surface area contributed by atoms with E-state index in [0.29, 0.717) is 61.7 Å². The lowest BCUT2D eigenvalue weighted by Gasteiger charge is -2.30. The molecule has 0 saturated carbocycles. The Balaban J connectivity index is 1.45. The number of nitrogens with two attached hydrogens (primary N) is 1. The molecule has 2 aliphatic rings. The lowest BCUT2D eigenvalue weighted by Crippen LogP contribution is -2.43. The molecule has 5 rings (SSSR count). The van der Waals surface area contributed by atoms with Crippen molar-refractivity contribution in [1.82, 2.24) is 9.88 Å². The van der Waals surface area contributed by atoms with Gasteiger partial charge in [0.1, 0.15) is 0 Å². The summed E-state index contributed by atoms with van der Waals surface area (Å²) >= 11 is 12.6. The number of aromatic nitrogens is 1. The first-order valence-corrected chi connectivity index (χ1v) is 14.4. The van der Waals surface area contributed by atoms with Crippen molar-refractivity contribution in [2.75, 3.05) is 18.4 Å². The predicted molar refractivity (Wildman–Crippen MR) is 153 cm³/mol. The summed E-state index contributed by atoms with van der Waals surface area (Å²) in [7, 11) is -1.44. The molecule has 1 unspecified atom stereocenters. The molecule has 3 aromatic rings. The number of rotatable bonds is 5. The number of carbonyl (C=O) groups excluding carboxylic acids is 2. The van der Waals surface area contributed by atoms with Gasteiger partial charge in [-0.1, -0.05) is 29.3 Å². The number of hydrogen-bond donors (Lipinski definition) is 3. The lowest BCUT2D eigenvalue weighted by molar-refractivity contribution is -0.110. The van der Waals surface area contributed by atoms with Crippen LogP contribution in [0.15, 0.2) is 41.3 Å². The van der Waals surface area contributed by atoms with E-state index in [9.17, 15) is 13.8 Å². The van der Waals surface area contributed by atoms with Gasteiger partial charge in [-0.05, 0) is 68.7 Å². The molecule has 2 aliphatic heterocycles. The SMILES string of the molecule is Cc1[nH]c(C=C2C(=O)Nc3ccc(S(=O)Cc4c(Cl)cccc4Cl)cc32)c(C)c1C(=O)N1CCC(N)CC1. The summed E-state index contributed by atoms with van der Waals surface area (Å²) in [6, 6.07) is 10.5. The molecule has 0 bridgehead atoms. The van der Waals surface area contributed by atoms with Gasteiger partial charge in [-0.25, -0.2) is 0 Å². The minimum atomic E-state index is -1.44. The average Bonchev–Trinajstić information content (AvgIpc) is 3.35. The Morgan fingerprint density at radius 2 is 1.84 bits per heavy atom. The van der Waals surface area contributed by atoms with E-state index in [1.807, 2.05) is 18.7 Å². The van der Waals surface area contributed by atoms with E-state index in [1.54, 1.807) is 42.5 Å². The van der Waals surface area contributed by atoms with Gasteiger partial charge in [-0.15, -0.1) is 0 Å². The van der Waals surface area contributed by atoms with Crippen molar-refractivity contribution in [2.24, 2.45) is 5.73 Å². The Labute approximate surface area is 233 Å². The number of nitrogens with one attached hydrogen (secondary N) is 2. The number of carbonyl (C=O) groups is 2. The zero-order valence-electron chi connectivity index (χ0n) is 21.1. The van der Waals surface area contributed by atoms with Crippen LogP contribution in [0, 0.1) is 13.8 Å². The number of amides is 2. The maximum Gasteiger partial charge on any atom is 0.256 e. The van der Waals surface area contributed by atoms with Gasteiger partial charge in [0.2, 0.25) is 0 Å². The number of anilines is 1. The zero-order valence-corrected chi connectivity index (χ0v) is 23.4. The van der Waals surface area contributed by atoms with Gasteiger partial charge in [-0.2, -0.15) is 0 Å². The number of aromatic amines is 1.